The molecule has 0 bridgehead atoms. The molecule has 12 heavy (non-hydrogen) atoms. The summed E-state index contributed by atoms with van der Waals surface area (Å²) in [5, 5.41) is 0. The van der Waals surface area contributed by atoms with Crippen molar-refractivity contribution in [1.82, 2.24) is 4.90 Å². The quantitative estimate of drug-likeness (QED) is 0.631. The van der Waals surface area contributed by atoms with E-state index < -0.39 is 0 Å². The molecule has 0 aromatic rings. The van der Waals surface area contributed by atoms with E-state index in [1.165, 1.54) is 12.8 Å². The van der Waals surface area contributed by atoms with Crippen LogP contribution in [0, 0.1) is 0 Å². The van der Waals surface area contributed by atoms with Crippen LogP contribution in [0.15, 0.2) is 0 Å². The van der Waals surface area contributed by atoms with Gasteiger partial charge in [0.1, 0.15) is 0 Å². The van der Waals surface area contributed by atoms with Crippen molar-refractivity contribution in [3.8, 4) is 0 Å². The summed E-state index contributed by atoms with van der Waals surface area (Å²) in [7, 11) is 0. The van der Waals surface area contributed by atoms with Gasteiger partial charge in [0.05, 0.1) is 0 Å². The molecule has 0 aromatic heterocycles. The third-order valence-electron chi connectivity index (χ3n) is 2.54. The van der Waals surface area contributed by atoms with E-state index in [9.17, 15) is 4.79 Å². The van der Waals surface area contributed by atoms with E-state index in [-0.39, 0.29) is 0 Å². The average molecular weight is 169 g/mol. The van der Waals surface area contributed by atoms with Crippen LogP contribution in [0.2, 0.25) is 0 Å². The van der Waals surface area contributed by atoms with Crippen LogP contribution in [-0.2, 0) is 4.79 Å². The van der Waals surface area contributed by atoms with Gasteiger partial charge in [0.2, 0.25) is 5.91 Å². The molecule has 1 unspecified atom stereocenters. The van der Waals surface area contributed by atoms with Gasteiger partial charge in [0.15, 0.2) is 0 Å². The molecule has 0 spiro atoms. The Morgan fingerprint density at radius 1 is 1.42 bits per heavy atom. The maximum Gasteiger partial charge on any atom is 0.222 e. The van der Waals surface area contributed by atoms with E-state index >= 15 is 0 Å². The van der Waals surface area contributed by atoms with Gasteiger partial charge in [-0.15, -0.1) is 0 Å². The van der Waals surface area contributed by atoms with E-state index in [2.05, 4.69) is 18.7 Å². The van der Waals surface area contributed by atoms with E-state index in [1.54, 1.807) is 0 Å². The van der Waals surface area contributed by atoms with Crippen molar-refractivity contribution in [2.75, 3.05) is 6.54 Å². The predicted octanol–water partition coefficient (Wildman–Crippen LogP) is 2.19. The zero-order chi connectivity index (χ0) is 8.97. The molecular formula is C10H19NO. The Balaban J connectivity index is 2.45. The minimum absolute atomic E-state index is 0.371. The van der Waals surface area contributed by atoms with Gasteiger partial charge in [0, 0.05) is 19.0 Å². The molecular weight excluding hydrogens is 150 g/mol. The van der Waals surface area contributed by atoms with Crippen LogP contribution in [-0.4, -0.2) is 23.4 Å². The maximum atomic E-state index is 11.4. The summed E-state index contributed by atoms with van der Waals surface area (Å²) in [4.78, 5) is 13.4. The van der Waals surface area contributed by atoms with Crippen LogP contribution < -0.4 is 0 Å². The van der Waals surface area contributed by atoms with Crippen LogP contribution in [0.5, 0.6) is 0 Å². The summed E-state index contributed by atoms with van der Waals surface area (Å²) in [6, 6.07) is 0.558. The highest BCUT2D eigenvalue weighted by atomic mass is 16.2. The monoisotopic (exact) mass is 169 g/mol. The first-order valence-corrected chi connectivity index (χ1v) is 5.09. The number of rotatable bonds is 4. The van der Waals surface area contributed by atoms with Crippen molar-refractivity contribution in [2.24, 2.45) is 0 Å². The number of likely N-dealkylation sites (tertiary alicyclic amines) is 1. The molecule has 1 rings (SSSR count). The lowest BCUT2D eigenvalue weighted by Gasteiger charge is -2.23. The molecule has 0 saturated carbocycles. The topological polar surface area (TPSA) is 20.3 Å². The summed E-state index contributed by atoms with van der Waals surface area (Å²) in [5.74, 6) is 0.371. The molecule has 1 atom stereocenters. The van der Waals surface area contributed by atoms with Crippen molar-refractivity contribution in [3.05, 3.63) is 0 Å². The lowest BCUT2D eigenvalue weighted by molar-refractivity contribution is -0.129. The van der Waals surface area contributed by atoms with E-state index in [0.29, 0.717) is 11.9 Å². The molecule has 2 heteroatoms. The number of hydrogen-bond acceptors (Lipinski definition) is 1. The highest BCUT2D eigenvalue weighted by Crippen LogP contribution is 2.22. The molecule has 0 radical (unpaired) electrons. The predicted molar refractivity (Wildman–Crippen MR) is 49.9 cm³/mol. The zero-order valence-electron chi connectivity index (χ0n) is 8.18. The summed E-state index contributed by atoms with van der Waals surface area (Å²) >= 11 is 0. The van der Waals surface area contributed by atoms with E-state index in [4.69, 9.17) is 0 Å². The van der Waals surface area contributed by atoms with Crippen LogP contribution in [0.4, 0.5) is 0 Å². The lowest BCUT2D eigenvalue weighted by atomic mass is 10.1. The highest BCUT2D eigenvalue weighted by molar-refractivity contribution is 5.78. The van der Waals surface area contributed by atoms with Crippen molar-refractivity contribution >= 4 is 5.91 Å². The van der Waals surface area contributed by atoms with E-state index in [1.807, 2.05) is 0 Å². The Bertz CT molecular complexity index is 156. The van der Waals surface area contributed by atoms with Gasteiger partial charge in [0.25, 0.3) is 0 Å². The Kier molecular flexibility index (Phi) is 3.57. The summed E-state index contributed by atoms with van der Waals surface area (Å²) in [6.07, 6.45) is 5.34. The molecule has 1 fully saturated rings. The van der Waals surface area contributed by atoms with Gasteiger partial charge in [-0.05, 0) is 19.3 Å². The SMILES string of the molecule is CCCC1CCC(=O)N1CCC. The minimum Gasteiger partial charge on any atom is -0.340 e. The normalized spacial score (nSPS) is 23.7. The molecule has 1 amide bonds. The standard InChI is InChI=1S/C10H19NO/c1-3-5-9-6-7-10(12)11(9)8-4-2/h9H,3-8H2,1-2H3. The Hall–Kier alpha value is -0.530. The third kappa shape index (κ3) is 1.99. The largest absolute Gasteiger partial charge is 0.340 e. The first-order valence-electron chi connectivity index (χ1n) is 5.09. The third-order valence-corrected chi connectivity index (χ3v) is 2.54. The van der Waals surface area contributed by atoms with Crippen molar-refractivity contribution < 1.29 is 4.79 Å². The van der Waals surface area contributed by atoms with Gasteiger partial charge in [-0.3, -0.25) is 4.79 Å². The second kappa shape index (κ2) is 4.48. The van der Waals surface area contributed by atoms with Crippen LogP contribution >= 0.6 is 0 Å². The second-order valence-electron chi connectivity index (χ2n) is 3.57. The molecule has 0 aliphatic carbocycles. The number of carbonyl (C=O) groups is 1. The van der Waals surface area contributed by atoms with Crippen molar-refractivity contribution in [1.29, 1.82) is 0 Å². The number of amides is 1. The summed E-state index contributed by atoms with van der Waals surface area (Å²) in [5.41, 5.74) is 0. The molecule has 0 aromatic carbocycles. The van der Waals surface area contributed by atoms with Gasteiger partial charge < -0.3 is 4.90 Å². The molecule has 1 saturated heterocycles. The molecule has 0 N–H and O–H groups in total. The zero-order valence-corrected chi connectivity index (χ0v) is 8.18. The van der Waals surface area contributed by atoms with Crippen LogP contribution in [0.3, 0.4) is 0 Å². The molecule has 1 aliphatic rings. The highest BCUT2D eigenvalue weighted by Gasteiger charge is 2.28. The number of hydrogen-bond donors (Lipinski definition) is 0. The minimum atomic E-state index is 0.371. The van der Waals surface area contributed by atoms with Gasteiger partial charge in [-0.2, -0.15) is 0 Å². The Morgan fingerprint density at radius 3 is 2.75 bits per heavy atom. The Labute approximate surface area is 74.9 Å². The van der Waals surface area contributed by atoms with Crippen molar-refractivity contribution in [2.45, 2.75) is 52.0 Å². The number of nitrogens with zero attached hydrogens (tertiary/aromatic N) is 1. The molecule has 1 aliphatic heterocycles. The first-order chi connectivity index (χ1) is 5.79. The fraction of sp³-hybridized carbons (Fsp3) is 0.900. The first kappa shape index (κ1) is 9.56. The van der Waals surface area contributed by atoms with Crippen LogP contribution in [0.25, 0.3) is 0 Å². The average Bonchev–Trinajstić information content (AvgIpc) is 2.37. The van der Waals surface area contributed by atoms with E-state index in [0.717, 1.165) is 25.8 Å². The smallest absolute Gasteiger partial charge is 0.222 e. The fourth-order valence-corrected chi connectivity index (χ4v) is 1.97. The molecule has 2 nitrogen and oxygen atoms in total. The molecule has 1 heterocycles. The fourth-order valence-electron chi connectivity index (χ4n) is 1.97. The molecule has 70 valence electrons. The van der Waals surface area contributed by atoms with Gasteiger partial charge in [-0.25, -0.2) is 0 Å². The summed E-state index contributed by atoms with van der Waals surface area (Å²) < 4.78 is 0. The second-order valence-corrected chi connectivity index (χ2v) is 3.57. The van der Waals surface area contributed by atoms with Crippen molar-refractivity contribution in [3.63, 3.8) is 0 Å². The lowest BCUT2D eigenvalue weighted by Crippen LogP contribution is -2.33. The van der Waals surface area contributed by atoms with Gasteiger partial charge >= 0.3 is 0 Å². The Morgan fingerprint density at radius 2 is 2.17 bits per heavy atom. The number of carbonyl (C=O) groups excluding carboxylic acids is 1. The maximum absolute atomic E-state index is 11.4. The van der Waals surface area contributed by atoms with Gasteiger partial charge in [-0.1, -0.05) is 20.3 Å². The van der Waals surface area contributed by atoms with Crippen LogP contribution in [0.1, 0.15) is 46.0 Å². The summed E-state index contributed by atoms with van der Waals surface area (Å²) in [6.45, 7) is 5.28.